The maximum atomic E-state index is 14.2. The van der Waals surface area contributed by atoms with Crippen LogP contribution in [0.1, 0.15) is 37.7 Å². The normalized spacial score (nSPS) is 11.1. The molecule has 27 heavy (non-hydrogen) atoms. The topological polar surface area (TPSA) is 83.2 Å². The Morgan fingerprint density at radius 3 is 2.52 bits per heavy atom. The Balaban J connectivity index is 2.34. The predicted molar refractivity (Wildman–Crippen MR) is 88.5 cm³/mol. The van der Waals surface area contributed by atoms with E-state index in [-0.39, 0.29) is 45.9 Å². The minimum absolute atomic E-state index is 0.0226. The standard InChI is InChI=1S/C16H15ClF3N3O4/c1-3-13(24)27-14(25)5-4-9-6-12(11(18)7-10(9)17)23-16(26)22(15(19)20)8(2)21-23/h6-7,15H,3-5H2,1-2H3. The van der Waals surface area contributed by atoms with Gasteiger partial charge in [-0.1, -0.05) is 18.5 Å². The fraction of sp³-hybridized carbons (Fsp3) is 0.375. The molecule has 0 fully saturated rings. The average Bonchev–Trinajstić information content (AvgIpc) is 2.88. The fourth-order valence-electron chi connectivity index (χ4n) is 2.28. The first kappa shape index (κ1) is 20.7. The van der Waals surface area contributed by atoms with Gasteiger partial charge in [0.1, 0.15) is 11.5 Å². The number of ether oxygens (including phenoxy) is 1. The van der Waals surface area contributed by atoms with Gasteiger partial charge in [0.05, 0.1) is 6.42 Å². The Morgan fingerprint density at radius 2 is 1.96 bits per heavy atom. The van der Waals surface area contributed by atoms with Crippen molar-refractivity contribution >= 4 is 23.5 Å². The van der Waals surface area contributed by atoms with Gasteiger partial charge in [0, 0.05) is 11.4 Å². The molecule has 1 aromatic carbocycles. The zero-order valence-corrected chi connectivity index (χ0v) is 15.1. The molecule has 7 nitrogen and oxygen atoms in total. The maximum Gasteiger partial charge on any atom is 0.355 e. The van der Waals surface area contributed by atoms with Crippen LogP contribution in [0.25, 0.3) is 5.69 Å². The van der Waals surface area contributed by atoms with Crippen molar-refractivity contribution in [1.29, 1.82) is 0 Å². The van der Waals surface area contributed by atoms with E-state index < -0.39 is 30.0 Å². The zero-order valence-electron chi connectivity index (χ0n) is 14.3. The van der Waals surface area contributed by atoms with Crippen LogP contribution in [0.5, 0.6) is 0 Å². The molecular formula is C16H15ClF3N3O4. The number of carbonyl (C=O) groups is 2. The highest BCUT2D eigenvalue weighted by Crippen LogP contribution is 2.24. The van der Waals surface area contributed by atoms with Crippen molar-refractivity contribution < 1.29 is 27.5 Å². The van der Waals surface area contributed by atoms with E-state index >= 15 is 0 Å². The van der Waals surface area contributed by atoms with Crippen LogP contribution in [0.15, 0.2) is 16.9 Å². The van der Waals surface area contributed by atoms with Crippen molar-refractivity contribution in [2.75, 3.05) is 0 Å². The number of hydrogen-bond acceptors (Lipinski definition) is 5. The van der Waals surface area contributed by atoms with Crippen LogP contribution in [-0.4, -0.2) is 26.3 Å². The summed E-state index contributed by atoms with van der Waals surface area (Å²) in [6.07, 6.45) is -0.219. The Morgan fingerprint density at radius 1 is 1.30 bits per heavy atom. The number of hydrogen-bond donors (Lipinski definition) is 0. The number of carbonyl (C=O) groups excluding carboxylic acids is 2. The van der Waals surface area contributed by atoms with Gasteiger partial charge in [-0.05, 0) is 31.0 Å². The summed E-state index contributed by atoms with van der Waals surface area (Å²) in [5.74, 6) is -2.73. The van der Waals surface area contributed by atoms with Crippen LogP contribution in [-0.2, 0) is 20.7 Å². The summed E-state index contributed by atoms with van der Waals surface area (Å²) in [6, 6.07) is 2.02. The van der Waals surface area contributed by atoms with Crippen LogP contribution in [0.3, 0.4) is 0 Å². The molecule has 0 spiro atoms. The van der Waals surface area contributed by atoms with Gasteiger partial charge in [0.15, 0.2) is 5.82 Å². The number of aromatic nitrogens is 3. The van der Waals surface area contributed by atoms with E-state index in [0.29, 0.717) is 4.68 Å². The van der Waals surface area contributed by atoms with E-state index in [4.69, 9.17) is 11.6 Å². The molecule has 1 aromatic heterocycles. The van der Waals surface area contributed by atoms with E-state index in [2.05, 4.69) is 9.84 Å². The van der Waals surface area contributed by atoms with Gasteiger partial charge >= 0.3 is 24.2 Å². The number of benzene rings is 1. The molecule has 0 atom stereocenters. The monoisotopic (exact) mass is 405 g/mol. The molecular weight excluding hydrogens is 391 g/mol. The molecule has 146 valence electrons. The molecule has 0 aliphatic rings. The summed E-state index contributed by atoms with van der Waals surface area (Å²) in [5.41, 5.74) is -1.35. The van der Waals surface area contributed by atoms with Gasteiger partial charge in [-0.2, -0.15) is 13.5 Å². The first-order valence-electron chi connectivity index (χ1n) is 7.83. The number of aryl methyl sites for hydroxylation is 2. The third-order valence-electron chi connectivity index (χ3n) is 3.63. The first-order valence-corrected chi connectivity index (χ1v) is 8.21. The molecule has 0 saturated carbocycles. The van der Waals surface area contributed by atoms with E-state index in [1.54, 1.807) is 0 Å². The number of esters is 2. The van der Waals surface area contributed by atoms with Gasteiger partial charge in [-0.15, -0.1) is 5.10 Å². The molecule has 0 N–H and O–H groups in total. The van der Waals surface area contributed by atoms with Crippen molar-refractivity contribution in [3.8, 4) is 5.69 Å². The summed E-state index contributed by atoms with van der Waals surface area (Å²) < 4.78 is 45.2. The molecule has 0 unspecified atom stereocenters. The van der Waals surface area contributed by atoms with E-state index in [0.717, 1.165) is 12.1 Å². The lowest BCUT2D eigenvalue weighted by Gasteiger charge is -2.08. The number of rotatable bonds is 6. The van der Waals surface area contributed by atoms with Crippen LogP contribution in [0.2, 0.25) is 5.02 Å². The summed E-state index contributed by atoms with van der Waals surface area (Å²) in [5, 5.41) is 3.61. The minimum Gasteiger partial charge on any atom is -0.393 e. The van der Waals surface area contributed by atoms with Crippen molar-refractivity contribution in [1.82, 2.24) is 14.3 Å². The highest BCUT2D eigenvalue weighted by atomic mass is 35.5. The van der Waals surface area contributed by atoms with Gasteiger partial charge < -0.3 is 4.74 Å². The quantitative estimate of drug-likeness (QED) is 0.545. The highest BCUT2D eigenvalue weighted by molar-refractivity contribution is 6.31. The van der Waals surface area contributed by atoms with Crippen LogP contribution < -0.4 is 5.69 Å². The van der Waals surface area contributed by atoms with Crippen molar-refractivity contribution in [3.63, 3.8) is 0 Å². The summed E-state index contributed by atoms with van der Waals surface area (Å²) in [7, 11) is 0. The Bertz CT molecular complexity index is 940. The summed E-state index contributed by atoms with van der Waals surface area (Å²) >= 11 is 5.94. The number of halogens is 4. The van der Waals surface area contributed by atoms with Crippen LogP contribution in [0.4, 0.5) is 13.2 Å². The largest absolute Gasteiger partial charge is 0.393 e. The Labute approximate surface area is 156 Å². The molecule has 1 heterocycles. The summed E-state index contributed by atoms with van der Waals surface area (Å²) in [4.78, 5) is 34.7. The van der Waals surface area contributed by atoms with E-state index in [1.165, 1.54) is 13.8 Å². The van der Waals surface area contributed by atoms with E-state index in [9.17, 15) is 27.6 Å². The molecule has 11 heteroatoms. The minimum atomic E-state index is -3.13. The second kappa shape index (κ2) is 8.38. The second-order valence-electron chi connectivity index (χ2n) is 5.48. The molecule has 2 aromatic rings. The fourth-order valence-corrected chi connectivity index (χ4v) is 2.52. The van der Waals surface area contributed by atoms with E-state index in [1.807, 2.05) is 0 Å². The molecule has 0 radical (unpaired) electrons. The molecule has 0 amide bonds. The third kappa shape index (κ3) is 4.57. The molecule has 0 bridgehead atoms. The first-order chi connectivity index (χ1) is 12.6. The smallest absolute Gasteiger partial charge is 0.355 e. The van der Waals surface area contributed by atoms with Gasteiger partial charge in [-0.3, -0.25) is 9.59 Å². The number of nitrogens with zero attached hydrogens (tertiary/aromatic N) is 3. The molecule has 0 saturated heterocycles. The Hall–Kier alpha value is -2.62. The van der Waals surface area contributed by atoms with Crippen LogP contribution in [0, 0.1) is 12.7 Å². The lowest BCUT2D eigenvalue weighted by Crippen LogP contribution is -2.25. The van der Waals surface area contributed by atoms with Crippen molar-refractivity contribution in [2.24, 2.45) is 0 Å². The maximum absolute atomic E-state index is 14.2. The van der Waals surface area contributed by atoms with Gasteiger partial charge in [0.2, 0.25) is 0 Å². The SMILES string of the molecule is CCC(=O)OC(=O)CCc1cc(-n2nc(C)n(C(F)F)c2=O)c(F)cc1Cl. The molecule has 0 aliphatic carbocycles. The lowest BCUT2D eigenvalue weighted by atomic mass is 10.1. The zero-order chi connectivity index (χ0) is 20.3. The molecule has 0 aliphatic heterocycles. The Kier molecular flexibility index (Phi) is 6.42. The van der Waals surface area contributed by atoms with Gasteiger partial charge in [-0.25, -0.2) is 13.8 Å². The summed E-state index contributed by atoms with van der Waals surface area (Å²) in [6.45, 7) is -0.428. The van der Waals surface area contributed by atoms with Crippen molar-refractivity contribution in [2.45, 2.75) is 39.7 Å². The highest BCUT2D eigenvalue weighted by Gasteiger charge is 2.21. The predicted octanol–water partition coefficient (Wildman–Crippen LogP) is 2.94. The molecule has 2 rings (SSSR count). The average molecular weight is 406 g/mol. The third-order valence-corrected chi connectivity index (χ3v) is 3.99. The van der Waals surface area contributed by atoms with Crippen molar-refractivity contribution in [3.05, 3.63) is 44.8 Å². The lowest BCUT2D eigenvalue weighted by molar-refractivity contribution is -0.159. The van der Waals surface area contributed by atoms with Gasteiger partial charge in [0.25, 0.3) is 0 Å². The number of alkyl halides is 2. The van der Waals surface area contributed by atoms with Crippen LogP contribution >= 0.6 is 11.6 Å². The second-order valence-corrected chi connectivity index (χ2v) is 5.89.